The molecule has 0 aliphatic rings. The third kappa shape index (κ3) is 4.96. The first kappa shape index (κ1) is 17.7. The molecule has 0 aliphatic carbocycles. The number of hydrogen-bond donors (Lipinski definition) is 2. The van der Waals surface area contributed by atoms with Gasteiger partial charge in [0.15, 0.2) is 5.11 Å². The van der Waals surface area contributed by atoms with Crippen molar-refractivity contribution in [2.75, 3.05) is 7.11 Å². The summed E-state index contributed by atoms with van der Waals surface area (Å²) in [7, 11) is 1.64. The Hall–Kier alpha value is -2.60. The quantitative estimate of drug-likeness (QED) is 0.479. The number of methoxy groups -OCH3 is 1. The van der Waals surface area contributed by atoms with E-state index in [0.717, 1.165) is 33.8 Å². The highest BCUT2D eigenvalue weighted by molar-refractivity contribution is 7.80. The molecule has 6 heteroatoms. The summed E-state index contributed by atoms with van der Waals surface area (Å²) in [6, 6.07) is 11.9. The number of hydrazone groups is 1. The van der Waals surface area contributed by atoms with Gasteiger partial charge in [-0.3, -0.25) is 5.43 Å². The minimum Gasteiger partial charge on any atom is -0.496 e. The predicted octanol–water partition coefficient (Wildman–Crippen LogP) is 3.06. The largest absolute Gasteiger partial charge is 0.496 e. The van der Waals surface area contributed by atoms with Crippen LogP contribution in [0.1, 0.15) is 22.3 Å². The average molecular weight is 343 g/mol. The standard InChI is InChI=1S/C18H21N3O2S/c1-12-4-5-13(2)17(8-12)23-11-15-9-14(6-7-16(15)22-3)10-20-21-18(19)24/h4-10H,11H2,1-3H3,(H3,19,21,24). The number of nitrogens with zero attached hydrogens (tertiary/aromatic N) is 1. The predicted molar refractivity (Wildman–Crippen MR) is 101 cm³/mol. The zero-order chi connectivity index (χ0) is 17.5. The van der Waals surface area contributed by atoms with Gasteiger partial charge in [0.2, 0.25) is 0 Å². The number of rotatable bonds is 6. The molecule has 5 nitrogen and oxygen atoms in total. The van der Waals surface area contributed by atoms with E-state index in [1.807, 2.05) is 44.2 Å². The minimum absolute atomic E-state index is 0.123. The SMILES string of the molecule is COc1ccc(C=NNC(N)=S)cc1COc1cc(C)ccc1C. The van der Waals surface area contributed by atoms with Crippen LogP contribution in [0.15, 0.2) is 41.5 Å². The van der Waals surface area contributed by atoms with Crippen LogP contribution in [0.4, 0.5) is 0 Å². The topological polar surface area (TPSA) is 68.9 Å². The molecule has 2 aromatic rings. The number of benzene rings is 2. The summed E-state index contributed by atoms with van der Waals surface area (Å²) in [5, 5.41) is 4.08. The van der Waals surface area contributed by atoms with E-state index >= 15 is 0 Å². The molecule has 24 heavy (non-hydrogen) atoms. The summed E-state index contributed by atoms with van der Waals surface area (Å²) in [6.45, 7) is 4.47. The lowest BCUT2D eigenvalue weighted by atomic mass is 10.1. The molecule has 3 N–H and O–H groups in total. The molecule has 2 aromatic carbocycles. The van der Waals surface area contributed by atoms with Crippen molar-refractivity contribution in [3.8, 4) is 11.5 Å². The fourth-order valence-electron chi connectivity index (χ4n) is 2.18. The lowest BCUT2D eigenvalue weighted by Gasteiger charge is -2.13. The second-order valence-corrected chi connectivity index (χ2v) is 5.80. The summed E-state index contributed by atoms with van der Waals surface area (Å²) in [6.07, 6.45) is 1.64. The molecular weight excluding hydrogens is 322 g/mol. The molecule has 0 bridgehead atoms. The minimum atomic E-state index is 0.123. The van der Waals surface area contributed by atoms with Crippen molar-refractivity contribution < 1.29 is 9.47 Å². The Morgan fingerprint density at radius 1 is 1.21 bits per heavy atom. The highest BCUT2D eigenvalue weighted by Gasteiger charge is 2.07. The van der Waals surface area contributed by atoms with Crippen LogP contribution in [0.5, 0.6) is 11.5 Å². The molecule has 0 amide bonds. The lowest BCUT2D eigenvalue weighted by Crippen LogP contribution is -2.24. The third-order valence-electron chi connectivity index (χ3n) is 3.42. The first-order chi connectivity index (χ1) is 11.5. The highest BCUT2D eigenvalue weighted by Crippen LogP contribution is 2.24. The van der Waals surface area contributed by atoms with E-state index in [0.29, 0.717) is 6.61 Å². The molecule has 0 unspecified atom stereocenters. The summed E-state index contributed by atoms with van der Waals surface area (Å²) in [4.78, 5) is 0. The van der Waals surface area contributed by atoms with Crippen molar-refractivity contribution in [2.24, 2.45) is 10.8 Å². The average Bonchev–Trinajstić information content (AvgIpc) is 2.55. The van der Waals surface area contributed by atoms with E-state index < -0.39 is 0 Å². The Morgan fingerprint density at radius 3 is 2.71 bits per heavy atom. The van der Waals surface area contributed by atoms with Crippen LogP contribution in [0, 0.1) is 13.8 Å². The molecule has 0 fully saturated rings. The van der Waals surface area contributed by atoms with Gasteiger partial charge in [0, 0.05) is 5.56 Å². The van der Waals surface area contributed by atoms with Crippen LogP contribution in [-0.2, 0) is 6.61 Å². The maximum atomic E-state index is 5.96. The molecule has 0 spiro atoms. The smallest absolute Gasteiger partial charge is 0.184 e. The highest BCUT2D eigenvalue weighted by atomic mass is 32.1. The van der Waals surface area contributed by atoms with E-state index in [1.165, 1.54) is 0 Å². The number of aryl methyl sites for hydroxylation is 2. The second-order valence-electron chi connectivity index (χ2n) is 5.36. The summed E-state index contributed by atoms with van der Waals surface area (Å²) in [5.74, 6) is 1.63. The number of thiocarbonyl (C=S) groups is 1. The molecule has 0 radical (unpaired) electrons. The van der Waals surface area contributed by atoms with Crippen molar-refractivity contribution in [2.45, 2.75) is 20.5 Å². The van der Waals surface area contributed by atoms with Crippen molar-refractivity contribution >= 4 is 23.5 Å². The monoisotopic (exact) mass is 343 g/mol. The Morgan fingerprint density at radius 2 is 2.00 bits per heavy atom. The molecule has 0 saturated carbocycles. The Balaban J connectivity index is 2.16. The van der Waals surface area contributed by atoms with Gasteiger partial charge in [-0.1, -0.05) is 12.1 Å². The van der Waals surface area contributed by atoms with Crippen LogP contribution >= 0.6 is 12.2 Å². The van der Waals surface area contributed by atoms with E-state index in [4.69, 9.17) is 27.4 Å². The Kier molecular flexibility index (Phi) is 6.14. The van der Waals surface area contributed by atoms with Crippen molar-refractivity contribution in [3.05, 3.63) is 58.7 Å². The Labute approximate surface area is 147 Å². The maximum Gasteiger partial charge on any atom is 0.184 e. The molecule has 0 heterocycles. The molecule has 0 saturated heterocycles. The number of ether oxygens (including phenoxy) is 2. The van der Waals surface area contributed by atoms with Crippen molar-refractivity contribution in [3.63, 3.8) is 0 Å². The number of hydrogen-bond acceptors (Lipinski definition) is 4. The molecule has 0 aliphatic heterocycles. The van der Waals surface area contributed by atoms with E-state index in [9.17, 15) is 0 Å². The summed E-state index contributed by atoms with van der Waals surface area (Å²) in [5.41, 5.74) is 11.9. The fraction of sp³-hybridized carbons (Fsp3) is 0.222. The van der Waals surface area contributed by atoms with Gasteiger partial charge in [-0.05, 0) is 67.0 Å². The van der Waals surface area contributed by atoms with Gasteiger partial charge >= 0.3 is 0 Å². The zero-order valence-corrected chi connectivity index (χ0v) is 14.8. The van der Waals surface area contributed by atoms with Gasteiger partial charge in [0.25, 0.3) is 0 Å². The van der Waals surface area contributed by atoms with Gasteiger partial charge in [-0.25, -0.2) is 0 Å². The summed E-state index contributed by atoms with van der Waals surface area (Å²) < 4.78 is 11.4. The third-order valence-corrected chi connectivity index (χ3v) is 3.51. The molecule has 0 atom stereocenters. The zero-order valence-electron chi connectivity index (χ0n) is 14.0. The Bertz CT molecular complexity index is 760. The normalized spacial score (nSPS) is 10.6. The van der Waals surface area contributed by atoms with Crippen LogP contribution in [0.25, 0.3) is 0 Å². The van der Waals surface area contributed by atoms with E-state index in [-0.39, 0.29) is 5.11 Å². The van der Waals surface area contributed by atoms with Gasteiger partial charge < -0.3 is 15.2 Å². The second kappa shape index (κ2) is 8.31. The summed E-state index contributed by atoms with van der Waals surface area (Å²) >= 11 is 4.71. The molecule has 126 valence electrons. The van der Waals surface area contributed by atoms with E-state index in [2.05, 4.69) is 16.6 Å². The van der Waals surface area contributed by atoms with E-state index in [1.54, 1.807) is 13.3 Å². The van der Waals surface area contributed by atoms with Crippen LogP contribution < -0.4 is 20.6 Å². The van der Waals surface area contributed by atoms with Gasteiger partial charge in [0.1, 0.15) is 18.1 Å². The van der Waals surface area contributed by atoms with Gasteiger partial charge in [0.05, 0.1) is 13.3 Å². The number of nitrogens with two attached hydrogens (primary N) is 1. The molecule has 0 aromatic heterocycles. The van der Waals surface area contributed by atoms with Crippen LogP contribution in [0.3, 0.4) is 0 Å². The lowest BCUT2D eigenvalue weighted by molar-refractivity contribution is 0.294. The first-order valence-corrected chi connectivity index (χ1v) is 7.86. The van der Waals surface area contributed by atoms with Gasteiger partial charge in [-0.2, -0.15) is 5.10 Å². The molecular formula is C18H21N3O2S. The molecule has 2 rings (SSSR count). The fourth-order valence-corrected chi connectivity index (χ4v) is 2.23. The van der Waals surface area contributed by atoms with Gasteiger partial charge in [-0.15, -0.1) is 0 Å². The first-order valence-electron chi connectivity index (χ1n) is 7.45. The van der Waals surface area contributed by atoms with Crippen LogP contribution in [-0.4, -0.2) is 18.4 Å². The number of nitrogens with one attached hydrogen (secondary N) is 1. The van der Waals surface area contributed by atoms with Crippen molar-refractivity contribution in [1.82, 2.24) is 5.43 Å². The van der Waals surface area contributed by atoms with Crippen LogP contribution in [0.2, 0.25) is 0 Å². The maximum absolute atomic E-state index is 5.96. The van der Waals surface area contributed by atoms with Crippen molar-refractivity contribution in [1.29, 1.82) is 0 Å².